The van der Waals surface area contributed by atoms with Gasteiger partial charge in [0.05, 0.1) is 7.11 Å². The molecule has 0 aliphatic carbocycles. The Labute approximate surface area is 119 Å². The van der Waals surface area contributed by atoms with E-state index in [2.05, 4.69) is 10.1 Å². The van der Waals surface area contributed by atoms with Crippen molar-refractivity contribution in [2.24, 2.45) is 5.73 Å². The van der Waals surface area contributed by atoms with Crippen molar-refractivity contribution in [3.8, 4) is 17.1 Å². The number of unbranched alkanes of at least 4 members (excludes halogenated alkanes) is 3. The highest BCUT2D eigenvalue weighted by molar-refractivity contribution is 5.56. The summed E-state index contributed by atoms with van der Waals surface area (Å²) in [6.45, 7) is 0.764. The number of aryl methyl sites for hydroxylation is 1. The second kappa shape index (κ2) is 7.65. The van der Waals surface area contributed by atoms with E-state index in [0.717, 1.165) is 50.0 Å². The fourth-order valence-corrected chi connectivity index (χ4v) is 2.01. The molecule has 0 unspecified atom stereocenters. The van der Waals surface area contributed by atoms with Crippen LogP contribution in [0.25, 0.3) is 11.4 Å². The Kier molecular flexibility index (Phi) is 5.55. The SMILES string of the molecule is COc1cccc(-c2noc(CCCCCCN)n2)c1. The second-order valence-electron chi connectivity index (χ2n) is 4.70. The molecule has 0 aliphatic heterocycles. The lowest BCUT2D eigenvalue weighted by atomic mass is 10.1. The molecule has 0 saturated carbocycles. The van der Waals surface area contributed by atoms with E-state index in [4.69, 9.17) is 15.0 Å². The zero-order chi connectivity index (χ0) is 14.2. The standard InChI is InChI=1S/C15H21N3O2/c1-19-13-8-6-7-12(11-13)15-17-14(20-18-15)9-4-2-3-5-10-16/h6-8,11H,2-5,9-10,16H2,1H3. The lowest BCUT2D eigenvalue weighted by molar-refractivity contribution is 0.374. The molecule has 0 radical (unpaired) electrons. The first-order valence-electron chi connectivity index (χ1n) is 7.00. The third-order valence-corrected chi connectivity index (χ3v) is 3.14. The minimum absolute atomic E-state index is 0.612. The number of hydrogen-bond acceptors (Lipinski definition) is 5. The van der Waals surface area contributed by atoms with Crippen LogP contribution in [-0.2, 0) is 6.42 Å². The molecule has 5 heteroatoms. The molecule has 0 aliphatic rings. The highest BCUT2D eigenvalue weighted by Crippen LogP contribution is 2.21. The Morgan fingerprint density at radius 3 is 2.85 bits per heavy atom. The van der Waals surface area contributed by atoms with Gasteiger partial charge in [-0.3, -0.25) is 0 Å². The van der Waals surface area contributed by atoms with E-state index in [1.54, 1.807) is 7.11 Å². The van der Waals surface area contributed by atoms with Gasteiger partial charge in [0.25, 0.3) is 0 Å². The molecule has 1 aromatic heterocycles. The first-order chi connectivity index (χ1) is 9.83. The van der Waals surface area contributed by atoms with Gasteiger partial charge in [-0.15, -0.1) is 0 Å². The Morgan fingerprint density at radius 2 is 2.05 bits per heavy atom. The molecular weight excluding hydrogens is 254 g/mol. The third kappa shape index (κ3) is 4.06. The summed E-state index contributed by atoms with van der Waals surface area (Å²) in [6.07, 6.45) is 5.27. The minimum Gasteiger partial charge on any atom is -0.497 e. The van der Waals surface area contributed by atoms with E-state index in [-0.39, 0.29) is 0 Å². The molecule has 1 heterocycles. The highest BCUT2D eigenvalue weighted by Gasteiger charge is 2.09. The smallest absolute Gasteiger partial charge is 0.226 e. The molecule has 0 bridgehead atoms. The average Bonchev–Trinajstić information content (AvgIpc) is 2.96. The van der Waals surface area contributed by atoms with Crippen LogP contribution in [-0.4, -0.2) is 23.8 Å². The number of rotatable bonds is 8. The Bertz CT molecular complexity index is 525. The fraction of sp³-hybridized carbons (Fsp3) is 0.467. The minimum atomic E-state index is 0.612. The van der Waals surface area contributed by atoms with E-state index in [0.29, 0.717) is 11.7 Å². The van der Waals surface area contributed by atoms with Gasteiger partial charge in [0.1, 0.15) is 5.75 Å². The summed E-state index contributed by atoms with van der Waals surface area (Å²) >= 11 is 0. The number of aromatic nitrogens is 2. The maximum absolute atomic E-state index is 5.46. The van der Waals surface area contributed by atoms with Crippen LogP contribution < -0.4 is 10.5 Å². The maximum Gasteiger partial charge on any atom is 0.226 e. The Hall–Kier alpha value is -1.88. The topological polar surface area (TPSA) is 74.2 Å². The second-order valence-corrected chi connectivity index (χ2v) is 4.70. The molecule has 2 aromatic rings. The van der Waals surface area contributed by atoms with Crippen molar-refractivity contribution >= 4 is 0 Å². The van der Waals surface area contributed by atoms with Gasteiger partial charge < -0.3 is 15.0 Å². The van der Waals surface area contributed by atoms with E-state index in [9.17, 15) is 0 Å². The van der Waals surface area contributed by atoms with Crippen molar-refractivity contribution in [3.05, 3.63) is 30.2 Å². The molecule has 0 atom stereocenters. The molecule has 0 saturated heterocycles. The summed E-state index contributed by atoms with van der Waals surface area (Å²) in [6, 6.07) is 7.65. The van der Waals surface area contributed by atoms with Gasteiger partial charge in [0.2, 0.25) is 11.7 Å². The lowest BCUT2D eigenvalue weighted by Gasteiger charge is -1.99. The van der Waals surface area contributed by atoms with Crippen molar-refractivity contribution in [2.75, 3.05) is 13.7 Å². The van der Waals surface area contributed by atoms with Crippen LogP contribution in [0.4, 0.5) is 0 Å². The van der Waals surface area contributed by atoms with E-state index in [1.165, 1.54) is 0 Å². The maximum atomic E-state index is 5.46. The molecule has 20 heavy (non-hydrogen) atoms. The van der Waals surface area contributed by atoms with Gasteiger partial charge in [0, 0.05) is 12.0 Å². The molecule has 2 N–H and O–H groups in total. The molecule has 1 aromatic carbocycles. The van der Waals surface area contributed by atoms with Crippen molar-refractivity contribution in [1.29, 1.82) is 0 Å². The summed E-state index contributed by atoms with van der Waals surface area (Å²) < 4.78 is 10.5. The zero-order valence-electron chi connectivity index (χ0n) is 11.8. The van der Waals surface area contributed by atoms with Crippen molar-refractivity contribution < 1.29 is 9.26 Å². The molecule has 5 nitrogen and oxygen atoms in total. The van der Waals surface area contributed by atoms with Gasteiger partial charge in [-0.05, 0) is 31.5 Å². The Balaban J connectivity index is 1.91. The monoisotopic (exact) mass is 275 g/mol. The summed E-state index contributed by atoms with van der Waals surface area (Å²) in [4.78, 5) is 4.42. The van der Waals surface area contributed by atoms with Crippen LogP contribution in [0.2, 0.25) is 0 Å². The number of nitrogens with zero attached hydrogens (tertiary/aromatic N) is 2. The number of hydrogen-bond donors (Lipinski definition) is 1. The summed E-state index contributed by atoms with van der Waals surface area (Å²) in [7, 11) is 1.64. The number of ether oxygens (including phenoxy) is 1. The van der Waals surface area contributed by atoms with Crippen molar-refractivity contribution in [1.82, 2.24) is 10.1 Å². The van der Waals surface area contributed by atoms with Gasteiger partial charge in [-0.1, -0.05) is 30.1 Å². The van der Waals surface area contributed by atoms with E-state index in [1.807, 2.05) is 24.3 Å². The molecule has 0 fully saturated rings. The first-order valence-corrected chi connectivity index (χ1v) is 7.00. The van der Waals surface area contributed by atoms with Crippen LogP contribution in [0.1, 0.15) is 31.6 Å². The summed E-state index contributed by atoms with van der Waals surface area (Å²) in [5.74, 6) is 2.09. The molecular formula is C15H21N3O2. The van der Waals surface area contributed by atoms with Crippen LogP contribution in [0.5, 0.6) is 5.75 Å². The predicted molar refractivity (Wildman–Crippen MR) is 77.5 cm³/mol. The number of nitrogens with two attached hydrogens (primary N) is 1. The lowest BCUT2D eigenvalue weighted by Crippen LogP contribution is -1.97. The quantitative estimate of drug-likeness (QED) is 0.750. The van der Waals surface area contributed by atoms with Gasteiger partial charge >= 0.3 is 0 Å². The summed E-state index contributed by atoms with van der Waals surface area (Å²) in [5.41, 5.74) is 6.37. The summed E-state index contributed by atoms with van der Waals surface area (Å²) in [5, 5.41) is 4.02. The van der Waals surface area contributed by atoms with E-state index < -0.39 is 0 Å². The van der Waals surface area contributed by atoms with Gasteiger partial charge in [-0.25, -0.2) is 0 Å². The normalized spacial score (nSPS) is 10.7. The third-order valence-electron chi connectivity index (χ3n) is 3.14. The van der Waals surface area contributed by atoms with Gasteiger partial charge in [0.15, 0.2) is 0 Å². The molecule has 2 rings (SSSR count). The van der Waals surface area contributed by atoms with E-state index >= 15 is 0 Å². The molecule has 0 spiro atoms. The average molecular weight is 275 g/mol. The predicted octanol–water partition coefficient (Wildman–Crippen LogP) is 2.81. The highest BCUT2D eigenvalue weighted by atomic mass is 16.5. The fourth-order valence-electron chi connectivity index (χ4n) is 2.01. The molecule has 0 amide bonds. The van der Waals surface area contributed by atoms with Crippen LogP contribution in [0, 0.1) is 0 Å². The van der Waals surface area contributed by atoms with Crippen LogP contribution in [0.15, 0.2) is 28.8 Å². The van der Waals surface area contributed by atoms with Crippen LogP contribution in [0.3, 0.4) is 0 Å². The molecule has 108 valence electrons. The number of benzene rings is 1. The largest absolute Gasteiger partial charge is 0.497 e. The first kappa shape index (κ1) is 14.5. The van der Waals surface area contributed by atoms with Crippen molar-refractivity contribution in [2.45, 2.75) is 32.1 Å². The zero-order valence-corrected chi connectivity index (χ0v) is 11.8. The van der Waals surface area contributed by atoms with Gasteiger partial charge in [-0.2, -0.15) is 4.98 Å². The number of methoxy groups -OCH3 is 1. The van der Waals surface area contributed by atoms with Crippen molar-refractivity contribution in [3.63, 3.8) is 0 Å². The Morgan fingerprint density at radius 1 is 1.20 bits per heavy atom. The van der Waals surface area contributed by atoms with Crippen LogP contribution >= 0.6 is 0 Å².